The van der Waals surface area contributed by atoms with E-state index in [9.17, 15) is 9.59 Å². The Morgan fingerprint density at radius 2 is 1.56 bits per heavy atom. The van der Waals surface area contributed by atoms with Crippen molar-refractivity contribution in [3.8, 4) is 0 Å². The van der Waals surface area contributed by atoms with E-state index < -0.39 is 11.9 Å². The molecule has 0 aliphatic heterocycles. The summed E-state index contributed by atoms with van der Waals surface area (Å²) in [5.41, 5.74) is 0. The standard InChI is InChI=1S/C14H22O4/c1-3-5-7-8-12-18-14(16)10-9-13(15)17-11-6-4-2/h5,7,9-10H,3-4,6,8,11-12H2,1-2H3/b7-5?,10-9-. The number of hydrogen-bond acceptors (Lipinski definition) is 4. The lowest BCUT2D eigenvalue weighted by Gasteiger charge is -2.00. The first-order valence-corrected chi connectivity index (χ1v) is 6.37. The van der Waals surface area contributed by atoms with Crippen molar-refractivity contribution in [1.29, 1.82) is 0 Å². The van der Waals surface area contributed by atoms with Crippen molar-refractivity contribution in [2.24, 2.45) is 0 Å². The van der Waals surface area contributed by atoms with E-state index in [1.54, 1.807) is 0 Å². The number of carbonyl (C=O) groups is 2. The van der Waals surface area contributed by atoms with Gasteiger partial charge in [0.25, 0.3) is 0 Å². The van der Waals surface area contributed by atoms with Crippen molar-refractivity contribution in [3.05, 3.63) is 24.3 Å². The lowest BCUT2D eigenvalue weighted by Crippen LogP contribution is -2.05. The molecule has 4 heteroatoms. The zero-order valence-corrected chi connectivity index (χ0v) is 11.2. The van der Waals surface area contributed by atoms with Gasteiger partial charge in [-0.05, 0) is 19.3 Å². The summed E-state index contributed by atoms with van der Waals surface area (Å²) in [6, 6.07) is 0. The Balaban J connectivity index is 3.66. The zero-order chi connectivity index (χ0) is 13.6. The average molecular weight is 254 g/mol. The molecule has 0 spiro atoms. The molecule has 0 saturated carbocycles. The minimum absolute atomic E-state index is 0.324. The Kier molecular flexibility index (Phi) is 10.8. The van der Waals surface area contributed by atoms with Crippen molar-refractivity contribution < 1.29 is 19.1 Å². The van der Waals surface area contributed by atoms with E-state index >= 15 is 0 Å². The van der Waals surface area contributed by atoms with Gasteiger partial charge >= 0.3 is 11.9 Å². The molecule has 0 bridgehead atoms. The fraction of sp³-hybridized carbons (Fsp3) is 0.571. The molecule has 0 fully saturated rings. The predicted octanol–water partition coefficient (Wildman–Crippen LogP) is 2.79. The largest absolute Gasteiger partial charge is 0.463 e. The van der Waals surface area contributed by atoms with Gasteiger partial charge in [0, 0.05) is 12.2 Å². The molecule has 0 N–H and O–H groups in total. The molecule has 0 unspecified atom stereocenters. The molecule has 0 rings (SSSR count). The smallest absolute Gasteiger partial charge is 0.331 e. The highest BCUT2D eigenvalue weighted by Crippen LogP contribution is 1.92. The highest BCUT2D eigenvalue weighted by molar-refractivity contribution is 5.91. The van der Waals surface area contributed by atoms with Crippen LogP contribution < -0.4 is 0 Å². The molecule has 0 heterocycles. The van der Waals surface area contributed by atoms with Crippen LogP contribution in [0.15, 0.2) is 24.3 Å². The molecule has 4 nitrogen and oxygen atoms in total. The van der Waals surface area contributed by atoms with Crippen molar-refractivity contribution in [3.63, 3.8) is 0 Å². The molecule has 0 aliphatic carbocycles. The van der Waals surface area contributed by atoms with Crippen LogP contribution in [-0.2, 0) is 19.1 Å². The van der Waals surface area contributed by atoms with E-state index in [0.717, 1.165) is 31.4 Å². The summed E-state index contributed by atoms with van der Waals surface area (Å²) in [6.45, 7) is 4.75. The summed E-state index contributed by atoms with van der Waals surface area (Å²) in [6.07, 6.45) is 9.60. The summed E-state index contributed by atoms with van der Waals surface area (Å²) >= 11 is 0. The quantitative estimate of drug-likeness (QED) is 0.275. The minimum Gasteiger partial charge on any atom is -0.463 e. The van der Waals surface area contributed by atoms with Crippen molar-refractivity contribution >= 4 is 11.9 Å². The molecule has 0 atom stereocenters. The minimum atomic E-state index is -0.521. The molecule has 0 aromatic heterocycles. The highest BCUT2D eigenvalue weighted by atomic mass is 16.5. The highest BCUT2D eigenvalue weighted by Gasteiger charge is 1.99. The van der Waals surface area contributed by atoms with E-state index in [0.29, 0.717) is 19.6 Å². The molecule has 0 aromatic carbocycles. The SMILES string of the molecule is CCC=CCCOC(=O)/C=C\C(=O)OCCCC. The number of carbonyl (C=O) groups excluding carboxylic acids is 2. The summed E-state index contributed by atoms with van der Waals surface area (Å²) in [5.74, 6) is -1.03. The first kappa shape index (κ1) is 16.4. The third-order valence-electron chi connectivity index (χ3n) is 2.03. The van der Waals surface area contributed by atoms with Gasteiger partial charge < -0.3 is 9.47 Å². The molecule has 0 radical (unpaired) electrons. The fourth-order valence-corrected chi connectivity index (χ4v) is 1.06. The van der Waals surface area contributed by atoms with Crippen LogP contribution in [0, 0.1) is 0 Å². The lowest BCUT2D eigenvalue weighted by atomic mass is 10.3. The Bertz CT molecular complexity index is 292. The van der Waals surface area contributed by atoms with E-state index in [1.807, 2.05) is 26.0 Å². The van der Waals surface area contributed by atoms with Crippen LogP contribution in [0.5, 0.6) is 0 Å². The van der Waals surface area contributed by atoms with Gasteiger partial charge in [0.05, 0.1) is 13.2 Å². The third kappa shape index (κ3) is 10.9. The van der Waals surface area contributed by atoms with E-state index in [1.165, 1.54) is 0 Å². The van der Waals surface area contributed by atoms with E-state index in [4.69, 9.17) is 9.47 Å². The number of esters is 2. The van der Waals surface area contributed by atoms with Crippen LogP contribution in [0.3, 0.4) is 0 Å². The Labute approximate surface area is 109 Å². The monoisotopic (exact) mass is 254 g/mol. The van der Waals surface area contributed by atoms with Gasteiger partial charge in [-0.3, -0.25) is 0 Å². The van der Waals surface area contributed by atoms with E-state index in [2.05, 4.69) is 0 Å². The predicted molar refractivity (Wildman–Crippen MR) is 70.0 cm³/mol. The molecule has 102 valence electrons. The molecule has 0 amide bonds. The van der Waals surface area contributed by atoms with Gasteiger partial charge in [0.1, 0.15) is 0 Å². The van der Waals surface area contributed by atoms with Crippen LogP contribution in [0.4, 0.5) is 0 Å². The van der Waals surface area contributed by atoms with Gasteiger partial charge in [0.2, 0.25) is 0 Å². The Morgan fingerprint density at radius 1 is 0.944 bits per heavy atom. The lowest BCUT2D eigenvalue weighted by molar-refractivity contribution is -0.140. The Hall–Kier alpha value is -1.58. The average Bonchev–Trinajstić information content (AvgIpc) is 2.36. The van der Waals surface area contributed by atoms with Gasteiger partial charge in [-0.15, -0.1) is 0 Å². The first-order valence-electron chi connectivity index (χ1n) is 6.37. The second-order valence-corrected chi connectivity index (χ2v) is 3.69. The van der Waals surface area contributed by atoms with Crippen molar-refractivity contribution in [2.75, 3.05) is 13.2 Å². The second kappa shape index (κ2) is 11.9. The third-order valence-corrected chi connectivity index (χ3v) is 2.03. The number of allylic oxidation sites excluding steroid dienone is 1. The van der Waals surface area contributed by atoms with Gasteiger partial charge in [-0.25, -0.2) is 9.59 Å². The number of rotatable bonds is 9. The van der Waals surface area contributed by atoms with Crippen LogP contribution in [0.25, 0.3) is 0 Å². The normalized spacial score (nSPS) is 11.0. The van der Waals surface area contributed by atoms with Gasteiger partial charge in [-0.2, -0.15) is 0 Å². The molecular formula is C14H22O4. The molecule has 18 heavy (non-hydrogen) atoms. The summed E-state index contributed by atoms with van der Waals surface area (Å²) < 4.78 is 9.73. The summed E-state index contributed by atoms with van der Waals surface area (Å²) in [5, 5.41) is 0. The number of unbranched alkanes of at least 4 members (excludes halogenated alkanes) is 1. The van der Waals surface area contributed by atoms with Crippen molar-refractivity contribution in [2.45, 2.75) is 39.5 Å². The van der Waals surface area contributed by atoms with Crippen LogP contribution in [-0.4, -0.2) is 25.2 Å². The Morgan fingerprint density at radius 3 is 2.11 bits per heavy atom. The maximum atomic E-state index is 11.2. The van der Waals surface area contributed by atoms with Gasteiger partial charge in [0.15, 0.2) is 0 Å². The van der Waals surface area contributed by atoms with Crippen LogP contribution in [0.2, 0.25) is 0 Å². The number of hydrogen-bond donors (Lipinski definition) is 0. The van der Waals surface area contributed by atoms with Crippen LogP contribution in [0.1, 0.15) is 39.5 Å². The number of ether oxygens (including phenoxy) is 2. The first-order chi connectivity index (χ1) is 8.70. The molecule has 0 aromatic rings. The maximum absolute atomic E-state index is 11.2. The topological polar surface area (TPSA) is 52.6 Å². The molecule has 0 saturated heterocycles. The summed E-state index contributed by atoms with van der Waals surface area (Å²) in [4.78, 5) is 22.3. The fourth-order valence-electron chi connectivity index (χ4n) is 1.06. The second-order valence-electron chi connectivity index (χ2n) is 3.69. The van der Waals surface area contributed by atoms with Crippen LogP contribution >= 0.6 is 0 Å². The molecule has 0 aliphatic rings. The van der Waals surface area contributed by atoms with Crippen molar-refractivity contribution in [1.82, 2.24) is 0 Å². The summed E-state index contributed by atoms with van der Waals surface area (Å²) in [7, 11) is 0. The zero-order valence-electron chi connectivity index (χ0n) is 11.2. The van der Waals surface area contributed by atoms with E-state index in [-0.39, 0.29) is 0 Å². The van der Waals surface area contributed by atoms with Gasteiger partial charge in [-0.1, -0.05) is 32.4 Å². The maximum Gasteiger partial charge on any atom is 0.331 e. The molecular weight excluding hydrogens is 232 g/mol.